The Morgan fingerprint density at radius 3 is 2.50 bits per heavy atom. The van der Waals surface area contributed by atoms with Crippen molar-refractivity contribution in [2.24, 2.45) is 0 Å². The minimum absolute atomic E-state index is 0. The molecular formula is C6H12BrNO2. The van der Waals surface area contributed by atoms with E-state index < -0.39 is 11.5 Å². The highest BCUT2D eigenvalue weighted by molar-refractivity contribution is 8.93. The molecule has 0 spiro atoms. The molecule has 0 amide bonds. The van der Waals surface area contributed by atoms with Gasteiger partial charge in [-0.05, 0) is 26.3 Å². The molecule has 1 saturated heterocycles. The number of halogens is 1. The van der Waals surface area contributed by atoms with Crippen LogP contribution in [-0.4, -0.2) is 23.2 Å². The Morgan fingerprint density at radius 1 is 1.70 bits per heavy atom. The van der Waals surface area contributed by atoms with E-state index in [1.54, 1.807) is 6.92 Å². The second-order valence-corrected chi connectivity index (χ2v) is 2.67. The SMILES string of the molecule is Br.C[C@@]1(C(=O)O)CCCN1. The molecule has 1 aliphatic heterocycles. The van der Waals surface area contributed by atoms with Crippen LogP contribution in [0.1, 0.15) is 19.8 Å². The molecule has 0 bridgehead atoms. The van der Waals surface area contributed by atoms with Crippen LogP contribution < -0.4 is 5.32 Å². The Kier molecular flexibility index (Phi) is 3.31. The van der Waals surface area contributed by atoms with Crippen LogP contribution in [0, 0.1) is 0 Å². The van der Waals surface area contributed by atoms with Crippen molar-refractivity contribution < 1.29 is 9.90 Å². The van der Waals surface area contributed by atoms with Gasteiger partial charge in [0.2, 0.25) is 0 Å². The van der Waals surface area contributed by atoms with E-state index in [-0.39, 0.29) is 17.0 Å². The second-order valence-electron chi connectivity index (χ2n) is 2.67. The average molecular weight is 210 g/mol. The van der Waals surface area contributed by atoms with Crippen molar-refractivity contribution in [1.82, 2.24) is 5.32 Å². The Morgan fingerprint density at radius 2 is 2.30 bits per heavy atom. The van der Waals surface area contributed by atoms with E-state index in [1.807, 2.05) is 0 Å². The lowest BCUT2D eigenvalue weighted by Gasteiger charge is -2.16. The maximum Gasteiger partial charge on any atom is 0.323 e. The van der Waals surface area contributed by atoms with Crippen molar-refractivity contribution in [3.8, 4) is 0 Å². The number of hydrogen-bond donors (Lipinski definition) is 2. The maximum atomic E-state index is 10.5. The summed E-state index contributed by atoms with van der Waals surface area (Å²) in [5, 5.41) is 11.5. The van der Waals surface area contributed by atoms with Crippen LogP contribution in [0.4, 0.5) is 0 Å². The summed E-state index contributed by atoms with van der Waals surface area (Å²) in [6.07, 6.45) is 1.73. The lowest BCUT2D eigenvalue weighted by Crippen LogP contribution is -2.44. The van der Waals surface area contributed by atoms with Gasteiger partial charge in [-0.1, -0.05) is 0 Å². The molecule has 1 heterocycles. The maximum absolute atomic E-state index is 10.5. The largest absolute Gasteiger partial charge is 0.480 e. The zero-order valence-corrected chi connectivity index (χ0v) is 7.60. The summed E-state index contributed by atoms with van der Waals surface area (Å²) >= 11 is 0. The molecule has 0 unspecified atom stereocenters. The molecule has 0 aromatic carbocycles. The van der Waals surface area contributed by atoms with Gasteiger partial charge in [-0.25, -0.2) is 0 Å². The summed E-state index contributed by atoms with van der Waals surface area (Å²) < 4.78 is 0. The van der Waals surface area contributed by atoms with Crippen molar-refractivity contribution in [3.63, 3.8) is 0 Å². The number of hydrogen-bond acceptors (Lipinski definition) is 2. The standard InChI is InChI=1S/C6H11NO2.BrH/c1-6(5(8)9)3-2-4-7-6;/h7H,2-4H2,1H3,(H,8,9);1H/t6-;/m0./s1. The molecule has 1 fully saturated rings. The fraction of sp³-hybridized carbons (Fsp3) is 0.833. The number of nitrogens with one attached hydrogen (secondary N) is 1. The van der Waals surface area contributed by atoms with Crippen molar-refractivity contribution in [1.29, 1.82) is 0 Å². The Labute approximate surface area is 70.6 Å². The molecule has 0 aromatic heterocycles. The van der Waals surface area contributed by atoms with Crippen LogP contribution in [0.5, 0.6) is 0 Å². The van der Waals surface area contributed by atoms with Gasteiger partial charge in [-0.15, -0.1) is 17.0 Å². The van der Waals surface area contributed by atoms with E-state index in [0.717, 1.165) is 19.4 Å². The van der Waals surface area contributed by atoms with Crippen molar-refractivity contribution in [2.75, 3.05) is 6.54 Å². The summed E-state index contributed by atoms with van der Waals surface area (Å²) in [4.78, 5) is 10.5. The number of carboxylic acids is 1. The Bertz CT molecular complexity index is 132. The molecule has 1 atom stereocenters. The summed E-state index contributed by atoms with van der Waals surface area (Å²) in [6, 6.07) is 0. The van der Waals surface area contributed by atoms with Gasteiger partial charge in [-0.3, -0.25) is 4.79 Å². The van der Waals surface area contributed by atoms with Gasteiger partial charge in [0.1, 0.15) is 5.54 Å². The number of rotatable bonds is 1. The van der Waals surface area contributed by atoms with E-state index >= 15 is 0 Å². The third-order valence-corrected chi connectivity index (χ3v) is 1.84. The molecule has 4 heteroatoms. The van der Waals surface area contributed by atoms with Gasteiger partial charge < -0.3 is 10.4 Å². The minimum Gasteiger partial charge on any atom is -0.480 e. The van der Waals surface area contributed by atoms with Crippen LogP contribution >= 0.6 is 17.0 Å². The predicted octanol–water partition coefficient (Wildman–Crippen LogP) is 0.791. The summed E-state index contributed by atoms with van der Waals surface area (Å²) in [7, 11) is 0. The van der Waals surface area contributed by atoms with E-state index in [9.17, 15) is 4.79 Å². The molecule has 0 saturated carbocycles. The highest BCUT2D eigenvalue weighted by Gasteiger charge is 2.35. The summed E-state index contributed by atoms with van der Waals surface area (Å²) in [5.74, 6) is -0.736. The van der Waals surface area contributed by atoms with Gasteiger partial charge in [0.05, 0.1) is 0 Å². The molecule has 0 aromatic rings. The predicted molar refractivity (Wildman–Crippen MR) is 43.6 cm³/mol. The topological polar surface area (TPSA) is 49.3 Å². The van der Waals surface area contributed by atoms with Crippen LogP contribution in [0.25, 0.3) is 0 Å². The Hall–Kier alpha value is -0.0900. The van der Waals surface area contributed by atoms with Gasteiger partial charge in [-0.2, -0.15) is 0 Å². The van der Waals surface area contributed by atoms with Crippen LogP contribution in [0.15, 0.2) is 0 Å². The average Bonchev–Trinajstić information content (AvgIpc) is 2.16. The number of carbonyl (C=O) groups is 1. The molecule has 0 aliphatic carbocycles. The first-order valence-corrected chi connectivity index (χ1v) is 3.13. The van der Waals surface area contributed by atoms with Crippen molar-refractivity contribution in [3.05, 3.63) is 0 Å². The zero-order valence-electron chi connectivity index (χ0n) is 5.89. The first-order chi connectivity index (χ1) is 4.15. The number of carboxylic acid groups (broad SMARTS) is 1. The van der Waals surface area contributed by atoms with Gasteiger partial charge in [0, 0.05) is 0 Å². The van der Waals surface area contributed by atoms with Crippen molar-refractivity contribution >= 4 is 23.0 Å². The van der Waals surface area contributed by atoms with E-state index in [1.165, 1.54) is 0 Å². The molecule has 10 heavy (non-hydrogen) atoms. The highest BCUT2D eigenvalue weighted by Crippen LogP contribution is 2.17. The molecular weight excluding hydrogens is 198 g/mol. The number of aliphatic carboxylic acids is 1. The van der Waals surface area contributed by atoms with E-state index in [4.69, 9.17) is 5.11 Å². The second kappa shape index (κ2) is 3.34. The normalized spacial score (nSPS) is 31.3. The first kappa shape index (κ1) is 9.91. The van der Waals surface area contributed by atoms with Crippen molar-refractivity contribution in [2.45, 2.75) is 25.3 Å². The van der Waals surface area contributed by atoms with E-state index in [2.05, 4.69) is 5.32 Å². The molecule has 1 rings (SSSR count). The first-order valence-electron chi connectivity index (χ1n) is 3.13. The van der Waals surface area contributed by atoms with Crippen LogP contribution in [0.3, 0.4) is 0 Å². The third-order valence-electron chi connectivity index (χ3n) is 1.84. The minimum atomic E-state index is -0.736. The molecule has 60 valence electrons. The monoisotopic (exact) mass is 209 g/mol. The van der Waals surface area contributed by atoms with Gasteiger partial charge >= 0.3 is 5.97 Å². The smallest absolute Gasteiger partial charge is 0.323 e. The lowest BCUT2D eigenvalue weighted by atomic mass is 10.0. The van der Waals surface area contributed by atoms with Gasteiger partial charge in [0.25, 0.3) is 0 Å². The Balaban J connectivity index is 0.000000810. The van der Waals surface area contributed by atoms with Crippen LogP contribution in [-0.2, 0) is 4.79 Å². The third kappa shape index (κ3) is 1.70. The molecule has 1 aliphatic rings. The van der Waals surface area contributed by atoms with E-state index in [0.29, 0.717) is 0 Å². The lowest BCUT2D eigenvalue weighted by molar-refractivity contribution is -0.143. The fourth-order valence-corrected chi connectivity index (χ4v) is 1.08. The molecule has 2 N–H and O–H groups in total. The van der Waals surface area contributed by atoms with Gasteiger partial charge in [0.15, 0.2) is 0 Å². The highest BCUT2D eigenvalue weighted by atomic mass is 79.9. The molecule has 3 nitrogen and oxygen atoms in total. The molecule has 0 radical (unpaired) electrons. The fourth-order valence-electron chi connectivity index (χ4n) is 1.08. The summed E-state index contributed by atoms with van der Waals surface area (Å²) in [6.45, 7) is 2.56. The zero-order chi connectivity index (χ0) is 6.91. The quantitative estimate of drug-likeness (QED) is 0.672. The summed E-state index contributed by atoms with van der Waals surface area (Å²) in [5.41, 5.74) is -0.639. The van der Waals surface area contributed by atoms with Crippen LogP contribution in [0.2, 0.25) is 0 Å².